The highest BCUT2D eigenvalue weighted by Gasteiger charge is 2.06. The number of fused-ring (bicyclic) bond motifs is 1. The van der Waals surface area contributed by atoms with Crippen LogP contribution in [0.15, 0.2) is 30.6 Å². The Morgan fingerprint density at radius 2 is 2.21 bits per heavy atom. The van der Waals surface area contributed by atoms with E-state index in [0.29, 0.717) is 6.54 Å². The van der Waals surface area contributed by atoms with Crippen LogP contribution in [0.1, 0.15) is 5.56 Å². The second kappa shape index (κ2) is 3.72. The zero-order chi connectivity index (χ0) is 9.97. The average molecular weight is 190 g/mol. The van der Waals surface area contributed by atoms with Crippen molar-refractivity contribution in [1.29, 1.82) is 0 Å². The Morgan fingerprint density at radius 3 is 2.93 bits per heavy atom. The van der Waals surface area contributed by atoms with Gasteiger partial charge in [-0.3, -0.25) is 0 Å². The number of rotatable bonds is 3. The Labute approximate surface area is 83.1 Å². The van der Waals surface area contributed by atoms with Gasteiger partial charge in [0.2, 0.25) is 0 Å². The van der Waals surface area contributed by atoms with E-state index in [4.69, 9.17) is 10.5 Å². The van der Waals surface area contributed by atoms with E-state index in [0.717, 1.165) is 17.7 Å². The summed E-state index contributed by atoms with van der Waals surface area (Å²) < 4.78 is 7.37. The molecule has 0 radical (unpaired) electrons. The molecule has 0 aliphatic carbocycles. The summed E-state index contributed by atoms with van der Waals surface area (Å²) in [6.07, 6.45) is 4.93. The van der Waals surface area contributed by atoms with Gasteiger partial charge in [0.1, 0.15) is 5.75 Å². The molecule has 3 nitrogen and oxygen atoms in total. The van der Waals surface area contributed by atoms with Gasteiger partial charge in [-0.05, 0) is 36.7 Å². The molecular formula is C11H14N2O. The molecule has 2 N–H and O–H groups in total. The van der Waals surface area contributed by atoms with E-state index in [1.165, 1.54) is 5.56 Å². The molecule has 0 amide bonds. The number of methoxy groups -OCH3 is 1. The van der Waals surface area contributed by atoms with Crippen LogP contribution in [-0.2, 0) is 6.42 Å². The van der Waals surface area contributed by atoms with Crippen molar-refractivity contribution < 1.29 is 4.74 Å². The van der Waals surface area contributed by atoms with Crippen molar-refractivity contribution in [2.45, 2.75) is 6.42 Å². The zero-order valence-electron chi connectivity index (χ0n) is 8.23. The Balaban J connectivity index is 2.62. The number of hydrogen-bond acceptors (Lipinski definition) is 2. The van der Waals surface area contributed by atoms with Gasteiger partial charge < -0.3 is 14.9 Å². The first-order valence-electron chi connectivity index (χ1n) is 4.69. The third-order valence-electron chi connectivity index (χ3n) is 2.36. The fourth-order valence-corrected chi connectivity index (χ4v) is 1.72. The molecule has 0 bridgehead atoms. The molecular weight excluding hydrogens is 176 g/mol. The van der Waals surface area contributed by atoms with Crippen molar-refractivity contribution in [2.75, 3.05) is 13.7 Å². The molecule has 74 valence electrons. The molecule has 0 saturated carbocycles. The van der Waals surface area contributed by atoms with E-state index < -0.39 is 0 Å². The lowest BCUT2D eigenvalue weighted by atomic mass is 10.2. The first kappa shape index (κ1) is 9.09. The van der Waals surface area contributed by atoms with E-state index in [-0.39, 0.29) is 0 Å². The Bertz CT molecular complexity index is 434. The molecule has 0 aliphatic heterocycles. The van der Waals surface area contributed by atoms with Crippen LogP contribution in [0.25, 0.3) is 5.52 Å². The molecule has 0 saturated heterocycles. The van der Waals surface area contributed by atoms with Gasteiger partial charge in [0.25, 0.3) is 0 Å². The van der Waals surface area contributed by atoms with Gasteiger partial charge in [0, 0.05) is 12.4 Å². The monoisotopic (exact) mass is 190 g/mol. The van der Waals surface area contributed by atoms with Gasteiger partial charge in [-0.1, -0.05) is 0 Å². The summed E-state index contributed by atoms with van der Waals surface area (Å²) in [5.41, 5.74) is 7.92. The predicted octanol–water partition coefficient (Wildman–Crippen LogP) is 1.45. The first-order valence-corrected chi connectivity index (χ1v) is 4.69. The number of pyridine rings is 1. The molecule has 0 unspecified atom stereocenters. The minimum Gasteiger partial charge on any atom is -0.495 e. The van der Waals surface area contributed by atoms with Crippen LogP contribution < -0.4 is 10.5 Å². The highest BCUT2D eigenvalue weighted by Crippen LogP contribution is 2.24. The fraction of sp³-hybridized carbons (Fsp3) is 0.273. The largest absolute Gasteiger partial charge is 0.495 e. The molecule has 2 heterocycles. The highest BCUT2D eigenvalue weighted by molar-refractivity contribution is 5.66. The normalized spacial score (nSPS) is 10.7. The lowest BCUT2D eigenvalue weighted by Gasteiger charge is -2.05. The molecule has 0 aliphatic rings. The van der Waals surface area contributed by atoms with Crippen LogP contribution in [-0.4, -0.2) is 18.1 Å². The van der Waals surface area contributed by atoms with E-state index in [2.05, 4.69) is 10.5 Å². The second-order valence-corrected chi connectivity index (χ2v) is 3.21. The topological polar surface area (TPSA) is 39.7 Å². The average Bonchev–Trinajstić information content (AvgIpc) is 2.62. The molecule has 2 rings (SSSR count). The SMILES string of the molecule is COc1cccn2ccc(CCN)c12. The molecule has 14 heavy (non-hydrogen) atoms. The lowest BCUT2D eigenvalue weighted by Crippen LogP contribution is -2.02. The quantitative estimate of drug-likeness (QED) is 0.795. The number of aromatic nitrogens is 1. The molecule has 0 atom stereocenters. The van der Waals surface area contributed by atoms with Crippen molar-refractivity contribution in [3.05, 3.63) is 36.2 Å². The van der Waals surface area contributed by atoms with Gasteiger partial charge in [-0.15, -0.1) is 0 Å². The summed E-state index contributed by atoms with van der Waals surface area (Å²) in [6, 6.07) is 6.03. The van der Waals surface area contributed by atoms with Crippen LogP contribution in [0.3, 0.4) is 0 Å². The minimum atomic E-state index is 0.664. The Hall–Kier alpha value is -1.48. The predicted molar refractivity (Wildman–Crippen MR) is 56.7 cm³/mol. The van der Waals surface area contributed by atoms with Gasteiger partial charge in [0.05, 0.1) is 12.6 Å². The summed E-state index contributed by atoms with van der Waals surface area (Å²) in [4.78, 5) is 0. The lowest BCUT2D eigenvalue weighted by molar-refractivity contribution is 0.417. The van der Waals surface area contributed by atoms with Gasteiger partial charge >= 0.3 is 0 Å². The highest BCUT2D eigenvalue weighted by atomic mass is 16.5. The number of ether oxygens (including phenoxy) is 1. The van der Waals surface area contributed by atoms with E-state index in [1.807, 2.05) is 24.5 Å². The second-order valence-electron chi connectivity index (χ2n) is 3.21. The molecule has 2 aromatic heterocycles. The smallest absolute Gasteiger partial charge is 0.143 e. The molecule has 0 fully saturated rings. The summed E-state index contributed by atoms with van der Waals surface area (Å²) >= 11 is 0. The number of hydrogen-bond donors (Lipinski definition) is 1. The van der Waals surface area contributed by atoms with E-state index in [1.54, 1.807) is 7.11 Å². The summed E-state index contributed by atoms with van der Waals surface area (Å²) in [5.74, 6) is 0.904. The number of nitrogens with two attached hydrogens (primary N) is 1. The van der Waals surface area contributed by atoms with Crippen molar-refractivity contribution >= 4 is 5.52 Å². The van der Waals surface area contributed by atoms with Gasteiger partial charge in [-0.2, -0.15) is 0 Å². The van der Waals surface area contributed by atoms with E-state index >= 15 is 0 Å². The fourth-order valence-electron chi connectivity index (χ4n) is 1.72. The van der Waals surface area contributed by atoms with Gasteiger partial charge in [-0.25, -0.2) is 0 Å². The van der Waals surface area contributed by atoms with Crippen molar-refractivity contribution in [3.63, 3.8) is 0 Å². The van der Waals surface area contributed by atoms with Crippen LogP contribution in [0.5, 0.6) is 5.75 Å². The van der Waals surface area contributed by atoms with Crippen molar-refractivity contribution in [2.24, 2.45) is 5.73 Å². The maximum Gasteiger partial charge on any atom is 0.143 e. The maximum absolute atomic E-state index is 5.55. The van der Waals surface area contributed by atoms with Crippen LogP contribution in [0.4, 0.5) is 0 Å². The third-order valence-corrected chi connectivity index (χ3v) is 2.36. The summed E-state index contributed by atoms with van der Waals surface area (Å²) in [7, 11) is 1.69. The summed E-state index contributed by atoms with van der Waals surface area (Å²) in [6.45, 7) is 0.664. The standard InChI is InChI=1S/C11H14N2O/c1-14-10-3-2-7-13-8-5-9(4-6-12)11(10)13/h2-3,5,7-8H,4,6,12H2,1H3. The molecule has 3 heteroatoms. The molecule has 2 aromatic rings. The van der Waals surface area contributed by atoms with Crippen LogP contribution in [0, 0.1) is 0 Å². The minimum absolute atomic E-state index is 0.664. The molecule has 0 spiro atoms. The summed E-state index contributed by atoms with van der Waals surface area (Å²) in [5, 5.41) is 0. The van der Waals surface area contributed by atoms with Gasteiger partial charge in [0.15, 0.2) is 0 Å². The third kappa shape index (κ3) is 1.36. The van der Waals surface area contributed by atoms with E-state index in [9.17, 15) is 0 Å². The molecule has 0 aromatic carbocycles. The van der Waals surface area contributed by atoms with Crippen molar-refractivity contribution in [1.82, 2.24) is 4.40 Å². The zero-order valence-corrected chi connectivity index (χ0v) is 8.23. The van der Waals surface area contributed by atoms with Crippen LogP contribution >= 0.6 is 0 Å². The number of nitrogens with zero attached hydrogens (tertiary/aromatic N) is 1. The maximum atomic E-state index is 5.55. The first-order chi connectivity index (χ1) is 6.86. The Kier molecular flexibility index (Phi) is 2.41. The Morgan fingerprint density at radius 1 is 1.36 bits per heavy atom. The van der Waals surface area contributed by atoms with Crippen LogP contribution in [0.2, 0.25) is 0 Å². The van der Waals surface area contributed by atoms with Crippen molar-refractivity contribution in [3.8, 4) is 5.75 Å².